The number of aliphatic imine (C=N–C) groups is 1. The highest BCUT2D eigenvalue weighted by molar-refractivity contribution is 5.97. The van der Waals surface area contributed by atoms with E-state index < -0.39 is 12.0 Å². The number of phenols is 1. The Morgan fingerprint density at radius 2 is 1.59 bits per heavy atom. The Labute approximate surface area is 203 Å². The summed E-state index contributed by atoms with van der Waals surface area (Å²) in [5, 5.41) is 24.9. The number of guanidine groups is 1. The number of nitrogens with one attached hydrogen (secondary N) is 2. The topological polar surface area (TPSA) is 163 Å². The van der Waals surface area contributed by atoms with Crippen molar-refractivity contribution in [3.8, 4) is 5.75 Å². The summed E-state index contributed by atoms with van der Waals surface area (Å²) in [7, 11) is 0. The molecular formula is C25H43N5O4. The van der Waals surface area contributed by atoms with Gasteiger partial charge in [0.25, 0.3) is 0 Å². The molecule has 0 saturated heterocycles. The first-order valence-corrected chi connectivity index (χ1v) is 12.5. The predicted octanol–water partition coefficient (Wildman–Crippen LogP) is 3.96. The zero-order chi connectivity index (χ0) is 25.2. The molecule has 192 valence electrons. The molecule has 1 atom stereocenters. The number of rotatable bonds is 19. The van der Waals surface area contributed by atoms with Crippen LogP contribution in [0.25, 0.3) is 0 Å². The van der Waals surface area contributed by atoms with Crippen LogP contribution in [0, 0.1) is 0 Å². The maximum Gasteiger partial charge on any atom is 0.339 e. The predicted molar refractivity (Wildman–Crippen MR) is 137 cm³/mol. The fourth-order valence-corrected chi connectivity index (χ4v) is 3.73. The molecule has 0 heterocycles. The molecule has 0 aliphatic carbocycles. The van der Waals surface area contributed by atoms with E-state index in [0.29, 0.717) is 31.6 Å². The third-order valence-corrected chi connectivity index (χ3v) is 5.68. The SMILES string of the molecule is CCCCCCCCCCCCN[C@@H](CCCN=C(N)N)C(=O)Nc1ccc(O)c(C(=O)O)c1. The van der Waals surface area contributed by atoms with Crippen LogP contribution < -0.4 is 22.1 Å². The summed E-state index contributed by atoms with van der Waals surface area (Å²) in [5.41, 5.74) is 10.8. The number of hydrogen-bond donors (Lipinski definition) is 6. The van der Waals surface area contributed by atoms with Gasteiger partial charge in [0.1, 0.15) is 11.3 Å². The van der Waals surface area contributed by atoms with Crippen LogP contribution in [-0.2, 0) is 4.79 Å². The van der Waals surface area contributed by atoms with Gasteiger partial charge in [-0.05, 0) is 44.0 Å². The molecule has 0 spiro atoms. The van der Waals surface area contributed by atoms with Crippen LogP contribution in [0.4, 0.5) is 5.69 Å². The van der Waals surface area contributed by atoms with E-state index in [0.717, 1.165) is 12.8 Å². The molecule has 0 aromatic heterocycles. The molecular weight excluding hydrogens is 434 g/mol. The highest BCUT2D eigenvalue weighted by Gasteiger charge is 2.19. The molecule has 0 bridgehead atoms. The summed E-state index contributed by atoms with van der Waals surface area (Å²) in [6.45, 7) is 3.37. The van der Waals surface area contributed by atoms with Crippen LogP contribution in [0.15, 0.2) is 23.2 Å². The van der Waals surface area contributed by atoms with Gasteiger partial charge in [0.2, 0.25) is 5.91 Å². The Bertz CT molecular complexity index is 766. The summed E-state index contributed by atoms with van der Waals surface area (Å²) in [4.78, 5) is 28.0. The number of aromatic hydroxyl groups is 1. The number of nitrogens with two attached hydrogens (primary N) is 2. The Kier molecular flexibility index (Phi) is 15.2. The molecule has 0 saturated carbocycles. The van der Waals surface area contributed by atoms with E-state index in [1.54, 1.807) is 0 Å². The van der Waals surface area contributed by atoms with Gasteiger partial charge in [0, 0.05) is 12.2 Å². The van der Waals surface area contributed by atoms with E-state index in [1.807, 2.05) is 0 Å². The lowest BCUT2D eigenvalue weighted by Crippen LogP contribution is -2.41. The highest BCUT2D eigenvalue weighted by Crippen LogP contribution is 2.21. The monoisotopic (exact) mass is 477 g/mol. The standard InChI is InChI=1S/C25H43N5O4/c1-2-3-4-5-6-7-8-9-10-11-16-28-21(13-12-17-29-25(26)27)23(32)30-19-14-15-22(31)20(18-19)24(33)34/h14-15,18,21,28,31H,2-13,16-17H2,1H3,(H,30,32)(H,33,34)(H4,26,27,29)/t21-/m0/s1. The van der Waals surface area contributed by atoms with Gasteiger partial charge in [-0.3, -0.25) is 9.79 Å². The maximum absolute atomic E-state index is 12.9. The van der Waals surface area contributed by atoms with Crippen molar-refractivity contribution in [3.05, 3.63) is 23.8 Å². The number of anilines is 1. The van der Waals surface area contributed by atoms with Gasteiger partial charge >= 0.3 is 5.97 Å². The second-order valence-corrected chi connectivity index (χ2v) is 8.66. The lowest BCUT2D eigenvalue weighted by atomic mass is 10.1. The molecule has 9 nitrogen and oxygen atoms in total. The minimum atomic E-state index is -1.26. The van der Waals surface area contributed by atoms with Crippen LogP contribution >= 0.6 is 0 Å². The Morgan fingerprint density at radius 1 is 0.971 bits per heavy atom. The average Bonchev–Trinajstić information content (AvgIpc) is 2.79. The number of amides is 1. The van der Waals surface area contributed by atoms with Crippen molar-refractivity contribution in [2.24, 2.45) is 16.5 Å². The van der Waals surface area contributed by atoms with Crippen LogP contribution in [0.3, 0.4) is 0 Å². The van der Waals surface area contributed by atoms with Gasteiger partial charge in [-0.25, -0.2) is 4.79 Å². The zero-order valence-electron chi connectivity index (χ0n) is 20.5. The second-order valence-electron chi connectivity index (χ2n) is 8.66. The highest BCUT2D eigenvalue weighted by atomic mass is 16.4. The normalized spacial score (nSPS) is 11.7. The molecule has 1 aromatic rings. The minimum absolute atomic E-state index is 0.0182. The summed E-state index contributed by atoms with van der Waals surface area (Å²) < 4.78 is 0. The third kappa shape index (κ3) is 13.0. The molecule has 8 N–H and O–H groups in total. The van der Waals surface area contributed by atoms with Crippen LogP contribution in [0.1, 0.15) is 94.3 Å². The fraction of sp³-hybridized carbons (Fsp3) is 0.640. The van der Waals surface area contributed by atoms with Crippen LogP contribution in [0.2, 0.25) is 0 Å². The Balaban J connectivity index is 2.48. The van der Waals surface area contributed by atoms with Gasteiger partial charge in [-0.15, -0.1) is 0 Å². The molecule has 0 fully saturated rings. The number of nitrogens with zero attached hydrogens (tertiary/aromatic N) is 1. The molecule has 0 aliphatic heterocycles. The van der Waals surface area contributed by atoms with Crippen LogP contribution in [0.5, 0.6) is 5.75 Å². The number of carboxylic acid groups (broad SMARTS) is 1. The number of carbonyl (C=O) groups excluding carboxylic acids is 1. The van der Waals surface area contributed by atoms with Crippen molar-refractivity contribution in [3.63, 3.8) is 0 Å². The molecule has 9 heteroatoms. The lowest BCUT2D eigenvalue weighted by molar-refractivity contribution is -0.118. The molecule has 34 heavy (non-hydrogen) atoms. The molecule has 0 unspecified atom stereocenters. The fourth-order valence-electron chi connectivity index (χ4n) is 3.73. The number of carbonyl (C=O) groups is 2. The number of carboxylic acids is 1. The zero-order valence-corrected chi connectivity index (χ0v) is 20.5. The Hall–Kier alpha value is -2.81. The molecule has 1 amide bonds. The van der Waals surface area contributed by atoms with Gasteiger partial charge < -0.3 is 32.3 Å². The summed E-state index contributed by atoms with van der Waals surface area (Å²) in [6.07, 6.45) is 13.6. The van der Waals surface area contributed by atoms with Crippen molar-refractivity contribution < 1.29 is 19.8 Å². The number of aromatic carboxylic acids is 1. The van der Waals surface area contributed by atoms with E-state index in [9.17, 15) is 19.8 Å². The van der Waals surface area contributed by atoms with E-state index in [4.69, 9.17) is 11.5 Å². The molecule has 0 radical (unpaired) electrons. The summed E-state index contributed by atoms with van der Waals surface area (Å²) >= 11 is 0. The van der Waals surface area contributed by atoms with Crippen molar-refractivity contribution in [2.75, 3.05) is 18.4 Å². The average molecular weight is 478 g/mol. The van der Waals surface area contributed by atoms with Gasteiger partial charge in [0.05, 0.1) is 6.04 Å². The first-order chi connectivity index (χ1) is 16.3. The number of hydrogen-bond acceptors (Lipinski definition) is 5. The summed E-state index contributed by atoms with van der Waals surface area (Å²) in [6, 6.07) is 3.51. The van der Waals surface area contributed by atoms with E-state index >= 15 is 0 Å². The van der Waals surface area contributed by atoms with Crippen molar-refractivity contribution in [1.29, 1.82) is 0 Å². The maximum atomic E-state index is 12.9. The number of unbranched alkanes of at least 4 members (excludes halogenated alkanes) is 9. The lowest BCUT2D eigenvalue weighted by Gasteiger charge is -2.18. The quantitative estimate of drug-likeness (QED) is 0.0760. The number of benzene rings is 1. The third-order valence-electron chi connectivity index (χ3n) is 5.68. The Morgan fingerprint density at radius 3 is 2.18 bits per heavy atom. The largest absolute Gasteiger partial charge is 0.507 e. The van der Waals surface area contributed by atoms with Gasteiger partial charge in [-0.2, -0.15) is 0 Å². The minimum Gasteiger partial charge on any atom is -0.507 e. The first kappa shape index (κ1) is 29.2. The van der Waals surface area contributed by atoms with Crippen molar-refractivity contribution in [2.45, 2.75) is 90.0 Å². The molecule has 1 aromatic carbocycles. The van der Waals surface area contributed by atoms with E-state index in [-0.39, 0.29) is 23.2 Å². The first-order valence-electron chi connectivity index (χ1n) is 12.5. The second kappa shape index (κ2) is 17.6. The van der Waals surface area contributed by atoms with Crippen molar-refractivity contribution in [1.82, 2.24) is 5.32 Å². The molecule has 1 rings (SSSR count). The van der Waals surface area contributed by atoms with E-state index in [1.165, 1.54) is 69.6 Å². The van der Waals surface area contributed by atoms with E-state index in [2.05, 4.69) is 22.5 Å². The van der Waals surface area contributed by atoms with Gasteiger partial charge in [-0.1, -0.05) is 64.7 Å². The molecule has 0 aliphatic rings. The summed E-state index contributed by atoms with van der Waals surface area (Å²) in [5.74, 6) is -1.86. The smallest absolute Gasteiger partial charge is 0.339 e. The van der Waals surface area contributed by atoms with Gasteiger partial charge in [0.15, 0.2) is 5.96 Å². The van der Waals surface area contributed by atoms with Crippen molar-refractivity contribution >= 4 is 23.5 Å². The van der Waals surface area contributed by atoms with Crippen LogP contribution in [-0.4, -0.2) is 47.2 Å².